The third-order valence-electron chi connectivity index (χ3n) is 5.40. The second-order valence-corrected chi connectivity index (χ2v) is 7.81. The lowest BCUT2D eigenvalue weighted by Crippen LogP contribution is -2.28. The largest absolute Gasteiger partial charge is 0.366 e. The Labute approximate surface area is 176 Å². The molecule has 0 radical (unpaired) electrons. The van der Waals surface area contributed by atoms with E-state index in [0.717, 1.165) is 28.2 Å². The number of hydrogen-bond donors (Lipinski definition) is 1. The van der Waals surface area contributed by atoms with Gasteiger partial charge in [-0.2, -0.15) is 5.26 Å². The van der Waals surface area contributed by atoms with Crippen LogP contribution in [0.2, 0.25) is 0 Å². The number of anilines is 1. The van der Waals surface area contributed by atoms with Gasteiger partial charge in [0.1, 0.15) is 11.6 Å². The summed E-state index contributed by atoms with van der Waals surface area (Å²) < 4.78 is 13.2. The molecule has 0 spiro atoms. The minimum atomic E-state index is -0.254. The fourth-order valence-electron chi connectivity index (χ4n) is 3.76. The second kappa shape index (κ2) is 8.50. The number of hydrogen-bond acceptors (Lipinski definition) is 5. The van der Waals surface area contributed by atoms with Crippen LogP contribution in [-0.2, 0) is 19.5 Å². The van der Waals surface area contributed by atoms with Crippen LogP contribution < -0.4 is 5.32 Å². The topological polar surface area (TPSA) is 64.8 Å². The molecule has 0 bridgehead atoms. The van der Waals surface area contributed by atoms with E-state index in [1.165, 1.54) is 17.7 Å². The number of nitrogens with zero attached hydrogens (tertiary/aromatic N) is 4. The van der Waals surface area contributed by atoms with Crippen molar-refractivity contribution in [3.8, 4) is 17.6 Å². The van der Waals surface area contributed by atoms with Gasteiger partial charge in [0, 0.05) is 30.6 Å². The highest BCUT2D eigenvalue weighted by Gasteiger charge is 2.23. The first-order chi connectivity index (χ1) is 14.5. The zero-order valence-corrected chi connectivity index (χ0v) is 17.2. The van der Waals surface area contributed by atoms with E-state index >= 15 is 0 Å². The number of aromatic nitrogens is 2. The summed E-state index contributed by atoms with van der Waals surface area (Å²) in [6, 6.07) is 14.6. The summed E-state index contributed by atoms with van der Waals surface area (Å²) in [4.78, 5) is 11.5. The molecule has 0 atom stereocenters. The van der Waals surface area contributed by atoms with E-state index in [1.54, 1.807) is 17.0 Å². The highest BCUT2D eigenvalue weighted by molar-refractivity contribution is 5.64. The molecule has 2 aromatic carbocycles. The van der Waals surface area contributed by atoms with Crippen LogP contribution in [0, 0.1) is 17.3 Å². The van der Waals surface area contributed by atoms with Crippen molar-refractivity contribution in [3.63, 3.8) is 0 Å². The number of nitriles is 1. The Balaban J connectivity index is 1.74. The first-order valence-corrected chi connectivity index (χ1v) is 10.2. The Morgan fingerprint density at radius 2 is 1.90 bits per heavy atom. The lowest BCUT2D eigenvalue weighted by Gasteiger charge is -2.26. The van der Waals surface area contributed by atoms with Crippen LogP contribution in [0.25, 0.3) is 11.4 Å². The van der Waals surface area contributed by atoms with Crippen molar-refractivity contribution in [3.05, 3.63) is 76.7 Å². The predicted molar refractivity (Wildman–Crippen MR) is 115 cm³/mol. The van der Waals surface area contributed by atoms with Gasteiger partial charge in [-0.3, -0.25) is 0 Å². The zero-order chi connectivity index (χ0) is 21.1. The maximum absolute atomic E-state index is 13.2. The fraction of sp³-hybridized carbons (Fsp3) is 0.292. The van der Waals surface area contributed by atoms with Gasteiger partial charge in [0.25, 0.3) is 0 Å². The molecule has 1 aliphatic heterocycles. The summed E-state index contributed by atoms with van der Waals surface area (Å²) >= 11 is 0. The van der Waals surface area contributed by atoms with Crippen molar-refractivity contribution in [2.45, 2.75) is 39.3 Å². The molecule has 3 aromatic rings. The van der Waals surface area contributed by atoms with Crippen molar-refractivity contribution >= 4 is 5.82 Å². The summed E-state index contributed by atoms with van der Waals surface area (Å²) in [6.07, 6.45) is 2.93. The van der Waals surface area contributed by atoms with E-state index in [-0.39, 0.29) is 5.82 Å². The molecule has 0 saturated heterocycles. The molecule has 5 nitrogen and oxygen atoms in total. The molecule has 0 aliphatic carbocycles. The van der Waals surface area contributed by atoms with Crippen LogP contribution >= 0.6 is 0 Å². The van der Waals surface area contributed by atoms with Crippen molar-refractivity contribution in [2.24, 2.45) is 0 Å². The number of rotatable bonds is 5. The van der Waals surface area contributed by atoms with Gasteiger partial charge in [-0.1, -0.05) is 50.2 Å². The number of fused-ring (bicyclic) bond motifs is 1. The van der Waals surface area contributed by atoms with Crippen LogP contribution in [0.5, 0.6) is 0 Å². The maximum atomic E-state index is 13.2. The van der Waals surface area contributed by atoms with Gasteiger partial charge in [0.05, 0.1) is 12.2 Å². The molecule has 2 heterocycles. The predicted octanol–water partition coefficient (Wildman–Crippen LogP) is 4.86. The Kier molecular flexibility index (Phi) is 5.62. The van der Waals surface area contributed by atoms with Crippen LogP contribution in [0.3, 0.4) is 0 Å². The molecule has 0 amide bonds. The van der Waals surface area contributed by atoms with Crippen LogP contribution in [0.1, 0.15) is 42.1 Å². The Morgan fingerprint density at radius 3 is 2.63 bits per heavy atom. The molecule has 1 aromatic heterocycles. The molecule has 0 unspecified atom stereocenters. The minimum absolute atomic E-state index is 0.254. The van der Waals surface area contributed by atoms with Crippen molar-refractivity contribution in [1.29, 1.82) is 5.26 Å². The molecular weight excluding hydrogens is 377 g/mol. The SMILES string of the molecule is CC(C)c1ccccc1-c1nc2c(c(NCc3ccc(F)cc3)n1)CN(C#N)CC2. The standard InChI is InChI=1S/C24H24FN5/c1-16(2)19-5-3-4-6-20(19)24-28-22-11-12-30(15-26)14-21(22)23(29-24)27-13-17-7-9-18(25)10-8-17/h3-10,16H,11-14H2,1-2H3,(H,27,28,29). The van der Waals surface area contributed by atoms with Gasteiger partial charge in [0.2, 0.25) is 0 Å². The summed E-state index contributed by atoms with van der Waals surface area (Å²) in [5, 5.41) is 12.8. The smallest absolute Gasteiger partial charge is 0.179 e. The van der Waals surface area contributed by atoms with Gasteiger partial charge in [0.15, 0.2) is 12.0 Å². The monoisotopic (exact) mass is 401 g/mol. The summed E-state index contributed by atoms with van der Waals surface area (Å²) in [7, 11) is 0. The minimum Gasteiger partial charge on any atom is -0.366 e. The summed E-state index contributed by atoms with van der Waals surface area (Å²) in [5.74, 6) is 1.53. The quantitative estimate of drug-likeness (QED) is 0.619. The lowest BCUT2D eigenvalue weighted by molar-refractivity contribution is 0.364. The highest BCUT2D eigenvalue weighted by atomic mass is 19.1. The van der Waals surface area contributed by atoms with E-state index in [0.29, 0.717) is 37.8 Å². The normalized spacial score (nSPS) is 13.1. The number of benzene rings is 2. The molecule has 1 aliphatic rings. The molecule has 1 N–H and O–H groups in total. The summed E-state index contributed by atoms with van der Waals surface area (Å²) in [6.45, 7) is 5.99. The van der Waals surface area contributed by atoms with Gasteiger partial charge in [-0.15, -0.1) is 0 Å². The van der Waals surface area contributed by atoms with E-state index in [4.69, 9.17) is 9.97 Å². The Bertz CT molecular complexity index is 1090. The summed E-state index contributed by atoms with van der Waals surface area (Å²) in [5.41, 5.74) is 5.13. The molecule has 6 heteroatoms. The number of nitrogens with one attached hydrogen (secondary N) is 1. The van der Waals surface area contributed by atoms with Gasteiger partial charge < -0.3 is 10.2 Å². The molecule has 0 saturated carbocycles. The highest BCUT2D eigenvalue weighted by Crippen LogP contribution is 2.31. The average Bonchev–Trinajstić information content (AvgIpc) is 2.78. The third-order valence-corrected chi connectivity index (χ3v) is 5.40. The zero-order valence-electron chi connectivity index (χ0n) is 17.2. The van der Waals surface area contributed by atoms with Crippen LogP contribution in [0.15, 0.2) is 48.5 Å². The first-order valence-electron chi connectivity index (χ1n) is 10.2. The van der Waals surface area contributed by atoms with Gasteiger partial charge in [-0.05, 0) is 29.2 Å². The van der Waals surface area contributed by atoms with Gasteiger partial charge in [-0.25, -0.2) is 14.4 Å². The first kappa shape index (κ1) is 19.8. The Morgan fingerprint density at radius 1 is 1.13 bits per heavy atom. The van der Waals surface area contributed by atoms with Crippen molar-refractivity contribution in [1.82, 2.24) is 14.9 Å². The molecule has 30 heavy (non-hydrogen) atoms. The van der Waals surface area contributed by atoms with Crippen LogP contribution in [-0.4, -0.2) is 21.4 Å². The van der Waals surface area contributed by atoms with Crippen LogP contribution in [0.4, 0.5) is 10.2 Å². The third kappa shape index (κ3) is 4.11. The Hall–Kier alpha value is -3.46. The average molecular weight is 401 g/mol. The molecule has 0 fully saturated rings. The van der Waals surface area contributed by atoms with E-state index in [9.17, 15) is 9.65 Å². The lowest BCUT2D eigenvalue weighted by atomic mass is 9.96. The van der Waals surface area contributed by atoms with Crippen molar-refractivity contribution in [2.75, 3.05) is 11.9 Å². The second-order valence-electron chi connectivity index (χ2n) is 7.81. The molecule has 152 valence electrons. The van der Waals surface area contributed by atoms with Gasteiger partial charge >= 0.3 is 0 Å². The van der Waals surface area contributed by atoms with E-state index in [1.807, 2.05) is 12.1 Å². The van der Waals surface area contributed by atoms with Crippen molar-refractivity contribution < 1.29 is 4.39 Å². The molecule has 4 rings (SSSR count). The maximum Gasteiger partial charge on any atom is 0.179 e. The fourth-order valence-corrected chi connectivity index (χ4v) is 3.76. The van der Waals surface area contributed by atoms with E-state index in [2.05, 4.69) is 37.5 Å². The molecular formula is C24H24FN5. The van der Waals surface area contributed by atoms with E-state index < -0.39 is 0 Å². The number of halogens is 1.